The number of likely N-dealkylation sites (N-methyl/N-ethyl adjacent to an activating group) is 1. The van der Waals surface area contributed by atoms with E-state index < -0.39 is 30.0 Å². The van der Waals surface area contributed by atoms with Gasteiger partial charge in [0.25, 0.3) is 0 Å². The number of carbonyl (C=O) groups excluding carboxylic acids is 3. The van der Waals surface area contributed by atoms with Crippen molar-refractivity contribution in [2.75, 3.05) is 20.7 Å². The fourth-order valence-corrected chi connectivity index (χ4v) is 2.64. The quantitative estimate of drug-likeness (QED) is 0.157. The molecule has 0 heterocycles. The van der Waals surface area contributed by atoms with E-state index in [0.717, 1.165) is 12.0 Å². The minimum absolute atomic E-state index is 0. The number of hydrogen-bond donors (Lipinski definition) is 4. The summed E-state index contributed by atoms with van der Waals surface area (Å²) in [5.41, 5.74) is 6.40. The maximum atomic E-state index is 12.9. The first-order valence-electron chi connectivity index (χ1n) is 11.5. The Kier molecular flexibility index (Phi) is 30.0. The van der Waals surface area contributed by atoms with E-state index in [1.54, 1.807) is 14.0 Å². The van der Waals surface area contributed by atoms with Crippen molar-refractivity contribution in [3.63, 3.8) is 0 Å². The Balaban J connectivity index is -0.000000709. The van der Waals surface area contributed by atoms with Crippen molar-refractivity contribution >= 4 is 17.8 Å². The first-order chi connectivity index (χ1) is 15.4. The molecule has 9 heteroatoms. The summed E-state index contributed by atoms with van der Waals surface area (Å²) in [5.74, 6) is -1.24. The zero-order chi connectivity index (χ0) is 24.9. The van der Waals surface area contributed by atoms with Gasteiger partial charge >= 0.3 is 5.97 Å². The molecule has 1 rings (SSSR count). The summed E-state index contributed by atoms with van der Waals surface area (Å²) >= 11 is 0. The van der Waals surface area contributed by atoms with Crippen LogP contribution in [0.3, 0.4) is 0 Å². The molecule has 2 amide bonds. The first-order valence-corrected chi connectivity index (χ1v) is 11.5. The number of nitrogens with two attached hydrogens (primary N) is 1. The van der Waals surface area contributed by atoms with Crippen molar-refractivity contribution in [3.05, 3.63) is 43.3 Å². The van der Waals surface area contributed by atoms with E-state index in [0.29, 0.717) is 25.8 Å². The minimum atomic E-state index is -0.813. The molecular formula is C25H47N4O4W-. The van der Waals surface area contributed by atoms with Gasteiger partial charge in [-0.15, -0.1) is 0 Å². The van der Waals surface area contributed by atoms with Gasteiger partial charge in [-0.25, -0.2) is 4.79 Å². The number of ether oxygens (including phenoxy) is 1. The van der Waals surface area contributed by atoms with Crippen LogP contribution in [-0.2, 0) is 46.6 Å². The van der Waals surface area contributed by atoms with Crippen molar-refractivity contribution in [1.29, 1.82) is 0 Å². The summed E-state index contributed by atoms with van der Waals surface area (Å²) in [6, 6.07) is 7.34. The topological polar surface area (TPSA) is 123 Å². The van der Waals surface area contributed by atoms with E-state index >= 15 is 0 Å². The molecule has 5 N–H and O–H groups in total. The van der Waals surface area contributed by atoms with Crippen LogP contribution in [0.5, 0.6) is 0 Å². The number of methoxy groups -OCH3 is 1. The number of hydrogen-bond acceptors (Lipinski definition) is 6. The van der Waals surface area contributed by atoms with Crippen LogP contribution in [0.4, 0.5) is 0 Å². The molecule has 1 aromatic rings. The van der Waals surface area contributed by atoms with Crippen LogP contribution in [0.1, 0.15) is 59.4 Å². The minimum Gasteiger partial charge on any atom is -0.467 e. The Morgan fingerprint density at radius 3 is 1.94 bits per heavy atom. The van der Waals surface area contributed by atoms with Gasteiger partial charge in [0.1, 0.15) is 12.1 Å². The Labute approximate surface area is 221 Å². The fraction of sp³-hybridized carbons (Fsp3) is 0.600. The molecule has 0 saturated carbocycles. The van der Waals surface area contributed by atoms with E-state index in [1.165, 1.54) is 7.11 Å². The van der Waals surface area contributed by atoms with Crippen molar-refractivity contribution < 1.29 is 40.2 Å². The molecule has 0 unspecified atom stereocenters. The van der Waals surface area contributed by atoms with Crippen LogP contribution >= 0.6 is 0 Å². The van der Waals surface area contributed by atoms with E-state index in [1.807, 2.05) is 58.0 Å². The van der Waals surface area contributed by atoms with Gasteiger partial charge in [0, 0.05) is 27.5 Å². The molecule has 0 fully saturated rings. The molecule has 0 bridgehead atoms. The Morgan fingerprint density at radius 2 is 1.47 bits per heavy atom. The van der Waals surface area contributed by atoms with E-state index in [2.05, 4.69) is 16.0 Å². The van der Waals surface area contributed by atoms with Gasteiger partial charge in [0.15, 0.2) is 0 Å². The standard InChI is InChI=1S/C20H32N4O4.2C2H6.CH3.W/c1-14(22-2)18(25)24-17(13-15-9-5-4-6-10-15)19(26)23-16(20(27)28-3)11-7-8-12-21;2*1-2;;/h4-6,9-10,14,16-17,22H,7-8,11-13,21H2,1-3H3,(H,23,26)(H,24,25);2*1-2H3;1H3;/q;;;-1;/t14-,16-,17-;;;;/m0..../s1. The normalized spacial score (nSPS) is 11.8. The van der Waals surface area contributed by atoms with Gasteiger partial charge in [-0.3, -0.25) is 9.59 Å². The predicted molar refractivity (Wildman–Crippen MR) is 137 cm³/mol. The number of benzene rings is 1. The summed E-state index contributed by atoms with van der Waals surface area (Å²) < 4.78 is 4.80. The summed E-state index contributed by atoms with van der Waals surface area (Å²) in [7, 11) is 2.95. The summed E-state index contributed by atoms with van der Waals surface area (Å²) in [4.78, 5) is 37.2. The summed E-state index contributed by atoms with van der Waals surface area (Å²) in [6.45, 7) is 10.2. The Morgan fingerprint density at radius 1 is 0.941 bits per heavy atom. The number of amides is 2. The second kappa shape index (κ2) is 25.9. The molecule has 1 aromatic carbocycles. The average Bonchev–Trinajstić information content (AvgIpc) is 2.85. The molecule has 34 heavy (non-hydrogen) atoms. The van der Waals surface area contributed by atoms with Crippen LogP contribution in [-0.4, -0.2) is 56.6 Å². The monoisotopic (exact) mass is 651 g/mol. The molecule has 0 aromatic heterocycles. The smallest absolute Gasteiger partial charge is 0.328 e. The third-order valence-electron chi connectivity index (χ3n) is 4.49. The number of rotatable bonds is 12. The van der Waals surface area contributed by atoms with Crippen LogP contribution in [0.25, 0.3) is 0 Å². The van der Waals surface area contributed by atoms with Gasteiger partial charge in [0.2, 0.25) is 11.8 Å². The maximum Gasteiger partial charge on any atom is 0.328 e. The van der Waals surface area contributed by atoms with Crippen molar-refractivity contribution in [3.8, 4) is 0 Å². The maximum absolute atomic E-state index is 12.9. The van der Waals surface area contributed by atoms with Gasteiger partial charge in [-0.1, -0.05) is 58.0 Å². The van der Waals surface area contributed by atoms with Crippen LogP contribution < -0.4 is 21.7 Å². The predicted octanol–water partition coefficient (Wildman–Crippen LogP) is 2.61. The third kappa shape index (κ3) is 16.8. The van der Waals surface area contributed by atoms with Crippen LogP contribution in [0, 0.1) is 7.43 Å². The van der Waals surface area contributed by atoms with E-state index in [-0.39, 0.29) is 34.4 Å². The van der Waals surface area contributed by atoms with Gasteiger partial charge in [-0.05, 0) is 45.3 Å². The fourth-order valence-electron chi connectivity index (χ4n) is 2.64. The molecule has 8 nitrogen and oxygen atoms in total. The Bertz CT molecular complexity index is 633. The number of carbonyl (C=O) groups is 3. The second-order valence-corrected chi connectivity index (χ2v) is 6.63. The molecule has 0 radical (unpaired) electrons. The SMILES string of the molecule is CC.CC.CN[C@@H](C)C(=O)N[C@@H](Cc1ccccc1)C(=O)N[C@@H](CCCCN)C(=O)OC.[CH3-].[W]. The number of nitrogens with one attached hydrogen (secondary N) is 3. The molecule has 198 valence electrons. The van der Waals surface area contributed by atoms with Gasteiger partial charge in [0.05, 0.1) is 13.2 Å². The molecular weight excluding hydrogens is 604 g/mol. The molecule has 0 aliphatic carbocycles. The van der Waals surface area contributed by atoms with Crippen molar-refractivity contribution in [1.82, 2.24) is 16.0 Å². The molecule has 3 atom stereocenters. The van der Waals surface area contributed by atoms with Gasteiger partial charge in [-0.2, -0.15) is 0 Å². The zero-order valence-electron chi connectivity index (χ0n) is 22.3. The van der Waals surface area contributed by atoms with Crippen molar-refractivity contribution in [2.24, 2.45) is 5.73 Å². The third-order valence-corrected chi connectivity index (χ3v) is 4.49. The largest absolute Gasteiger partial charge is 0.467 e. The average molecular weight is 652 g/mol. The van der Waals surface area contributed by atoms with Crippen LogP contribution in [0.15, 0.2) is 30.3 Å². The molecule has 0 aliphatic rings. The molecule has 0 aliphatic heterocycles. The molecule has 0 saturated heterocycles. The summed E-state index contributed by atoms with van der Waals surface area (Å²) in [6.07, 6.45) is 2.16. The van der Waals surface area contributed by atoms with Gasteiger partial charge < -0.3 is 33.8 Å². The second-order valence-electron chi connectivity index (χ2n) is 6.63. The van der Waals surface area contributed by atoms with E-state index in [9.17, 15) is 14.4 Å². The number of unbranched alkanes of at least 4 members (excludes halogenated alkanes) is 1. The zero-order valence-corrected chi connectivity index (χ0v) is 25.2. The summed E-state index contributed by atoms with van der Waals surface area (Å²) in [5, 5.41) is 8.33. The Hall–Kier alpha value is -1.76. The van der Waals surface area contributed by atoms with E-state index in [4.69, 9.17) is 10.5 Å². The number of esters is 1. The van der Waals surface area contributed by atoms with Crippen LogP contribution in [0.2, 0.25) is 0 Å². The van der Waals surface area contributed by atoms with Crippen molar-refractivity contribution in [2.45, 2.75) is 78.4 Å². The first kappa shape index (κ1) is 39.5. The molecule has 0 spiro atoms.